The zero-order valence-corrected chi connectivity index (χ0v) is 10.8. The van der Waals surface area contributed by atoms with Crippen molar-refractivity contribution in [3.63, 3.8) is 0 Å². The van der Waals surface area contributed by atoms with Gasteiger partial charge in [-0.1, -0.05) is 6.07 Å². The van der Waals surface area contributed by atoms with E-state index in [2.05, 4.69) is 10.2 Å². The number of anilines is 1. The van der Waals surface area contributed by atoms with E-state index in [1.165, 1.54) is 12.1 Å². The zero-order chi connectivity index (χ0) is 14.0. The Kier molecular flexibility index (Phi) is 4.01. The molecule has 1 heterocycles. The van der Waals surface area contributed by atoms with Crippen molar-refractivity contribution >= 4 is 5.69 Å². The Morgan fingerprint density at radius 3 is 2.79 bits per heavy atom. The fraction of sp³-hybridized carbons (Fsp3) is 0.538. The summed E-state index contributed by atoms with van der Waals surface area (Å²) >= 11 is 0. The van der Waals surface area contributed by atoms with E-state index >= 15 is 0 Å². The summed E-state index contributed by atoms with van der Waals surface area (Å²) in [7, 11) is 0. The Morgan fingerprint density at radius 1 is 1.42 bits per heavy atom. The lowest BCUT2D eigenvalue weighted by atomic mass is 10.0. The molecule has 0 aromatic heterocycles. The molecule has 1 aromatic carbocycles. The van der Waals surface area contributed by atoms with Gasteiger partial charge in [-0.3, -0.25) is 4.90 Å². The first-order valence-electron chi connectivity index (χ1n) is 6.28. The Labute approximate surface area is 110 Å². The maximum absolute atomic E-state index is 13.0. The molecule has 19 heavy (non-hydrogen) atoms. The van der Waals surface area contributed by atoms with Crippen molar-refractivity contribution in [3.8, 4) is 0 Å². The van der Waals surface area contributed by atoms with Crippen LogP contribution in [-0.2, 0) is 12.7 Å². The highest BCUT2D eigenvalue weighted by Gasteiger charge is 2.34. The quantitative estimate of drug-likeness (QED) is 0.811. The third-order valence-corrected chi connectivity index (χ3v) is 3.45. The summed E-state index contributed by atoms with van der Waals surface area (Å²) in [4.78, 5) is 2.05. The monoisotopic (exact) mass is 273 g/mol. The highest BCUT2D eigenvalue weighted by Crippen LogP contribution is 2.34. The largest absolute Gasteiger partial charge is 0.416 e. The van der Waals surface area contributed by atoms with Crippen LogP contribution >= 0.6 is 0 Å². The molecule has 106 valence electrons. The van der Waals surface area contributed by atoms with Gasteiger partial charge in [0.1, 0.15) is 0 Å². The van der Waals surface area contributed by atoms with E-state index in [1.54, 1.807) is 0 Å². The molecule has 0 spiro atoms. The number of rotatable bonds is 2. The standard InChI is InChI=1S/C13H18F3N3/c1-9-7-18-4-5-19(9)8-10-2-3-11(17)6-12(10)13(14,15)16/h2-3,6,9,18H,4-5,7-8,17H2,1H3. The van der Waals surface area contributed by atoms with Gasteiger partial charge in [-0.2, -0.15) is 13.2 Å². The second kappa shape index (κ2) is 5.38. The van der Waals surface area contributed by atoms with Crippen LogP contribution in [0.3, 0.4) is 0 Å². The number of nitrogen functional groups attached to an aromatic ring is 1. The predicted octanol–water partition coefficient (Wildman–Crippen LogP) is 2.08. The highest BCUT2D eigenvalue weighted by atomic mass is 19.4. The number of nitrogens with one attached hydrogen (secondary N) is 1. The van der Waals surface area contributed by atoms with Gasteiger partial charge < -0.3 is 11.1 Å². The average molecular weight is 273 g/mol. The van der Waals surface area contributed by atoms with Gasteiger partial charge >= 0.3 is 6.18 Å². The minimum absolute atomic E-state index is 0.143. The molecule has 1 aliphatic rings. The van der Waals surface area contributed by atoms with Crippen LogP contribution in [0.2, 0.25) is 0 Å². The number of nitrogens with zero attached hydrogens (tertiary/aromatic N) is 1. The van der Waals surface area contributed by atoms with Crippen LogP contribution in [0.1, 0.15) is 18.1 Å². The number of hydrogen-bond acceptors (Lipinski definition) is 3. The first-order valence-corrected chi connectivity index (χ1v) is 6.28. The Balaban J connectivity index is 2.24. The van der Waals surface area contributed by atoms with Gasteiger partial charge in [-0.25, -0.2) is 0 Å². The molecule has 3 nitrogen and oxygen atoms in total. The lowest BCUT2D eigenvalue weighted by molar-refractivity contribution is -0.138. The van der Waals surface area contributed by atoms with Crippen molar-refractivity contribution in [2.24, 2.45) is 0 Å². The SMILES string of the molecule is CC1CNCCN1Cc1ccc(N)cc1C(F)(F)F. The van der Waals surface area contributed by atoms with Crippen molar-refractivity contribution in [1.29, 1.82) is 0 Å². The fourth-order valence-electron chi connectivity index (χ4n) is 2.33. The number of nitrogens with two attached hydrogens (primary N) is 1. The minimum Gasteiger partial charge on any atom is -0.399 e. The van der Waals surface area contributed by atoms with E-state index in [1.807, 2.05) is 6.92 Å². The molecule has 0 aliphatic carbocycles. The van der Waals surface area contributed by atoms with E-state index in [0.29, 0.717) is 6.54 Å². The zero-order valence-electron chi connectivity index (χ0n) is 10.8. The molecule has 2 rings (SSSR count). The predicted molar refractivity (Wildman–Crippen MR) is 68.6 cm³/mol. The Morgan fingerprint density at radius 2 is 2.16 bits per heavy atom. The second-order valence-electron chi connectivity index (χ2n) is 4.94. The first kappa shape index (κ1) is 14.1. The van der Waals surface area contributed by atoms with E-state index in [9.17, 15) is 13.2 Å². The van der Waals surface area contributed by atoms with Crippen molar-refractivity contribution in [2.75, 3.05) is 25.4 Å². The van der Waals surface area contributed by atoms with Crippen molar-refractivity contribution < 1.29 is 13.2 Å². The molecule has 0 bridgehead atoms. The highest BCUT2D eigenvalue weighted by molar-refractivity contribution is 5.46. The number of alkyl halides is 3. The van der Waals surface area contributed by atoms with Crippen LogP contribution in [0.15, 0.2) is 18.2 Å². The molecule has 1 saturated heterocycles. The topological polar surface area (TPSA) is 41.3 Å². The van der Waals surface area contributed by atoms with Crippen LogP contribution in [0, 0.1) is 0 Å². The maximum Gasteiger partial charge on any atom is 0.416 e. The van der Waals surface area contributed by atoms with Crippen LogP contribution < -0.4 is 11.1 Å². The van der Waals surface area contributed by atoms with E-state index < -0.39 is 11.7 Å². The van der Waals surface area contributed by atoms with Crippen molar-refractivity contribution in [1.82, 2.24) is 10.2 Å². The van der Waals surface area contributed by atoms with Crippen LogP contribution in [0.5, 0.6) is 0 Å². The van der Waals surface area contributed by atoms with E-state index in [4.69, 9.17) is 5.73 Å². The lowest BCUT2D eigenvalue weighted by Gasteiger charge is -2.34. The molecule has 3 N–H and O–H groups in total. The molecular weight excluding hydrogens is 255 g/mol. The lowest BCUT2D eigenvalue weighted by Crippen LogP contribution is -2.49. The molecule has 0 saturated carbocycles. The molecule has 6 heteroatoms. The third kappa shape index (κ3) is 3.39. The van der Waals surface area contributed by atoms with Gasteiger partial charge in [0.25, 0.3) is 0 Å². The Hall–Kier alpha value is -1.27. The van der Waals surface area contributed by atoms with Crippen LogP contribution in [-0.4, -0.2) is 30.6 Å². The molecule has 1 aliphatic heterocycles. The number of halogens is 3. The Bertz CT molecular complexity index is 445. The molecule has 1 fully saturated rings. The third-order valence-electron chi connectivity index (χ3n) is 3.45. The van der Waals surface area contributed by atoms with Gasteiger partial charge in [0.2, 0.25) is 0 Å². The van der Waals surface area contributed by atoms with Crippen LogP contribution in [0.25, 0.3) is 0 Å². The molecule has 1 atom stereocenters. The molecule has 1 aromatic rings. The number of benzene rings is 1. The smallest absolute Gasteiger partial charge is 0.399 e. The van der Waals surface area contributed by atoms with Gasteiger partial charge in [0, 0.05) is 37.9 Å². The summed E-state index contributed by atoms with van der Waals surface area (Å²) in [5.74, 6) is 0. The van der Waals surface area contributed by atoms with Gasteiger partial charge in [-0.05, 0) is 24.6 Å². The summed E-state index contributed by atoms with van der Waals surface area (Å²) in [6.07, 6.45) is -4.36. The first-order chi connectivity index (χ1) is 8.88. The van der Waals surface area contributed by atoms with Crippen molar-refractivity contribution in [3.05, 3.63) is 29.3 Å². The number of piperazine rings is 1. The molecule has 0 amide bonds. The maximum atomic E-state index is 13.0. The normalized spacial score (nSPS) is 21.6. The molecular formula is C13H18F3N3. The summed E-state index contributed by atoms with van der Waals surface area (Å²) in [6.45, 7) is 4.68. The van der Waals surface area contributed by atoms with Gasteiger partial charge in [-0.15, -0.1) is 0 Å². The van der Waals surface area contributed by atoms with Gasteiger partial charge in [0.15, 0.2) is 0 Å². The van der Waals surface area contributed by atoms with Gasteiger partial charge in [0.05, 0.1) is 5.56 Å². The molecule has 1 unspecified atom stereocenters. The second-order valence-corrected chi connectivity index (χ2v) is 4.94. The summed E-state index contributed by atoms with van der Waals surface area (Å²) in [6, 6.07) is 4.25. The molecule has 0 radical (unpaired) electrons. The van der Waals surface area contributed by atoms with E-state index in [0.717, 1.165) is 25.7 Å². The minimum atomic E-state index is -4.36. The van der Waals surface area contributed by atoms with Crippen LogP contribution in [0.4, 0.5) is 18.9 Å². The van der Waals surface area contributed by atoms with E-state index in [-0.39, 0.29) is 17.3 Å². The average Bonchev–Trinajstić information content (AvgIpc) is 2.33. The summed E-state index contributed by atoms with van der Waals surface area (Å²) in [5, 5.41) is 3.22. The summed E-state index contributed by atoms with van der Waals surface area (Å²) in [5.41, 5.74) is 5.26. The fourth-order valence-corrected chi connectivity index (χ4v) is 2.33. The van der Waals surface area contributed by atoms with Crippen molar-refractivity contribution in [2.45, 2.75) is 25.7 Å². The summed E-state index contributed by atoms with van der Waals surface area (Å²) < 4.78 is 39.0. The number of hydrogen-bond donors (Lipinski definition) is 2.